The summed E-state index contributed by atoms with van der Waals surface area (Å²) < 4.78 is 17.6. The largest absolute Gasteiger partial charge is 0.494 e. The van der Waals surface area contributed by atoms with Gasteiger partial charge in [0.15, 0.2) is 5.69 Å². The summed E-state index contributed by atoms with van der Waals surface area (Å²) in [5, 5.41) is 2.97. The van der Waals surface area contributed by atoms with E-state index in [4.69, 9.17) is 19.6 Å². The van der Waals surface area contributed by atoms with Crippen molar-refractivity contribution in [1.29, 1.82) is 0 Å². The van der Waals surface area contributed by atoms with Crippen LogP contribution in [0.5, 0.6) is 17.2 Å². The van der Waals surface area contributed by atoms with E-state index >= 15 is 0 Å². The normalized spacial score (nSPS) is 16.8. The van der Waals surface area contributed by atoms with Crippen molar-refractivity contribution in [3.63, 3.8) is 0 Å². The van der Waals surface area contributed by atoms with Gasteiger partial charge in [-0.25, -0.2) is 4.98 Å². The number of carbonyl (C=O) groups is 2. The lowest BCUT2D eigenvalue weighted by atomic mass is 9.87. The standard InChI is InChI=1S/C32H32N4O5.ClH/c33-19-30-35-28(20-40-30)32(38)36-15-13-22-17-26-10-11-27(22)31(36)23-3-1-4-25(18-23)39-16-2-14-34-29(37)12-7-21-5-8-24(41-26)9-6-21;/h1,3-6,8-11,17-18,20,31H,2,7,12-16,19,33H2,(H,34,37);1H. The predicted molar refractivity (Wildman–Crippen MR) is 159 cm³/mol. The molecule has 0 saturated carbocycles. The number of aromatic nitrogens is 1. The van der Waals surface area contributed by atoms with Crippen molar-refractivity contribution >= 4 is 24.2 Å². The van der Waals surface area contributed by atoms with Gasteiger partial charge in [0.25, 0.3) is 5.91 Å². The zero-order chi connectivity index (χ0) is 28.2. The van der Waals surface area contributed by atoms with Crippen molar-refractivity contribution in [1.82, 2.24) is 15.2 Å². The van der Waals surface area contributed by atoms with Crippen LogP contribution in [-0.2, 0) is 24.2 Å². The highest BCUT2D eigenvalue weighted by molar-refractivity contribution is 5.93. The monoisotopic (exact) mass is 588 g/mol. The van der Waals surface area contributed by atoms with Crippen LogP contribution in [0.4, 0.5) is 0 Å². The summed E-state index contributed by atoms with van der Waals surface area (Å²) in [4.78, 5) is 32.1. The molecule has 9 nitrogen and oxygen atoms in total. The van der Waals surface area contributed by atoms with Crippen LogP contribution in [0, 0.1) is 0 Å². The van der Waals surface area contributed by atoms with E-state index in [0.717, 1.165) is 33.8 Å². The van der Waals surface area contributed by atoms with E-state index in [2.05, 4.69) is 10.3 Å². The van der Waals surface area contributed by atoms with Gasteiger partial charge in [-0.15, -0.1) is 12.4 Å². The number of nitrogens with two attached hydrogens (primary N) is 1. The molecule has 2 amide bonds. The Bertz CT molecular complexity index is 1550. The van der Waals surface area contributed by atoms with E-state index in [1.807, 2.05) is 71.6 Å². The first-order valence-corrected chi connectivity index (χ1v) is 13.9. The van der Waals surface area contributed by atoms with Gasteiger partial charge in [0, 0.05) is 19.5 Å². The molecule has 3 aromatic carbocycles. The number of hydrogen-bond donors (Lipinski definition) is 2. The number of hydrogen-bond acceptors (Lipinski definition) is 7. The number of oxazole rings is 1. The molecule has 0 fully saturated rings. The number of carbonyl (C=O) groups excluding carboxylic acids is 2. The molecular weight excluding hydrogens is 556 g/mol. The van der Waals surface area contributed by atoms with Crippen molar-refractivity contribution in [2.75, 3.05) is 19.7 Å². The van der Waals surface area contributed by atoms with E-state index < -0.39 is 0 Å². The summed E-state index contributed by atoms with van der Waals surface area (Å²) >= 11 is 0. The minimum atomic E-state index is -0.366. The summed E-state index contributed by atoms with van der Waals surface area (Å²) in [5.41, 5.74) is 10.0. The summed E-state index contributed by atoms with van der Waals surface area (Å²) in [6.07, 6.45) is 3.79. The van der Waals surface area contributed by atoms with Crippen LogP contribution in [0.15, 0.2) is 77.4 Å². The summed E-state index contributed by atoms with van der Waals surface area (Å²) in [7, 11) is 0. The van der Waals surface area contributed by atoms with Gasteiger partial charge in [-0.05, 0) is 77.9 Å². The Morgan fingerprint density at radius 2 is 1.83 bits per heavy atom. The maximum Gasteiger partial charge on any atom is 0.276 e. The van der Waals surface area contributed by atoms with Crippen molar-refractivity contribution < 1.29 is 23.5 Å². The van der Waals surface area contributed by atoms with Crippen LogP contribution in [0.2, 0.25) is 0 Å². The first-order chi connectivity index (χ1) is 20.1. The second-order valence-corrected chi connectivity index (χ2v) is 10.2. The molecule has 9 rings (SSSR count). The summed E-state index contributed by atoms with van der Waals surface area (Å²) in [5.74, 6) is 2.26. The minimum absolute atomic E-state index is 0. The molecule has 42 heavy (non-hydrogen) atoms. The van der Waals surface area contributed by atoms with Crippen LogP contribution < -0.4 is 20.5 Å². The highest BCUT2D eigenvalue weighted by Crippen LogP contribution is 2.39. The van der Waals surface area contributed by atoms with Crippen molar-refractivity contribution in [3.8, 4) is 17.2 Å². The van der Waals surface area contributed by atoms with Gasteiger partial charge in [-0.1, -0.05) is 30.3 Å². The molecule has 4 aromatic rings. The van der Waals surface area contributed by atoms with Gasteiger partial charge in [0.1, 0.15) is 23.5 Å². The Labute approximate surface area is 250 Å². The van der Waals surface area contributed by atoms with Crippen molar-refractivity contribution in [2.24, 2.45) is 5.73 Å². The lowest BCUT2D eigenvalue weighted by Crippen LogP contribution is -2.40. The van der Waals surface area contributed by atoms with Crippen LogP contribution in [0.25, 0.3) is 0 Å². The summed E-state index contributed by atoms with van der Waals surface area (Å²) in [6, 6.07) is 21.3. The number of amides is 2. The molecule has 1 aromatic heterocycles. The second kappa shape index (κ2) is 13.1. The van der Waals surface area contributed by atoms with Crippen molar-refractivity contribution in [3.05, 3.63) is 107 Å². The van der Waals surface area contributed by atoms with Gasteiger partial charge >= 0.3 is 0 Å². The third-order valence-electron chi connectivity index (χ3n) is 7.43. The molecule has 8 bridgehead atoms. The molecule has 0 aliphatic carbocycles. The number of benzene rings is 3. The Hall–Kier alpha value is -4.34. The highest BCUT2D eigenvalue weighted by atomic mass is 35.5. The minimum Gasteiger partial charge on any atom is -0.494 e. The maximum atomic E-state index is 13.7. The molecule has 1 atom stereocenters. The maximum absolute atomic E-state index is 13.7. The molecule has 6 heterocycles. The quantitative estimate of drug-likeness (QED) is 0.339. The SMILES string of the molecule is Cl.NCc1nc(C(=O)N2CCc3cc4ccc3C2c2cccc(c2)OCCCNC(=O)CCc2ccc(cc2)O4)co1. The van der Waals surface area contributed by atoms with E-state index in [0.29, 0.717) is 57.0 Å². The van der Waals surface area contributed by atoms with Crippen LogP contribution in [0.3, 0.4) is 0 Å². The number of nitrogens with one attached hydrogen (secondary N) is 1. The number of halogens is 1. The highest BCUT2D eigenvalue weighted by Gasteiger charge is 2.34. The predicted octanol–water partition coefficient (Wildman–Crippen LogP) is 4.97. The zero-order valence-electron chi connectivity index (χ0n) is 23.1. The average Bonchev–Trinajstić information content (AvgIpc) is 3.49. The van der Waals surface area contributed by atoms with Crippen LogP contribution in [-0.4, -0.2) is 41.4 Å². The Morgan fingerprint density at radius 3 is 2.64 bits per heavy atom. The van der Waals surface area contributed by atoms with Gasteiger partial charge in [-0.2, -0.15) is 0 Å². The Balaban J connectivity index is 0.00000353. The fourth-order valence-electron chi connectivity index (χ4n) is 5.37. The molecule has 10 heteroatoms. The summed E-state index contributed by atoms with van der Waals surface area (Å²) in [6.45, 7) is 1.60. The van der Waals surface area contributed by atoms with Gasteiger partial charge < -0.3 is 29.8 Å². The van der Waals surface area contributed by atoms with E-state index in [-0.39, 0.29) is 42.5 Å². The molecule has 5 aliphatic heterocycles. The van der Waals surface area contributed by atoms with Gasteiger partial charge in [-0.3, -0.25) is 9.59 Å². The molecule has 3 N–H and O–H groups in total. The Kier molecular flexibility index (Phi) is 9.09. The number of aryl methyl sites for hydroxylation is 1. The lowest BCUT2D eigenvalue weighted by molar-refractivity contribution is -0.121. The third-order valence-corrected chi connectivity index (χ3v) is 7.43. The van der Waals surface area contributed by atoms with Gasteiger partial charge in [0.2, 0.25) is 11.8 Å². The molecule has 1 unspecified atom stereocenters. The van der Waals surface area contributed by atoms with Gasteiger partial charge in [0.05, 0.1) is 19.2 Å². The molecular formula is C32H33ClN4O5. The van der Waals surface area contributed by atoms with E-state index in [9.17, 15) is 9.59 Å². The molecule has 0 saturated heterocycles. The third kappa shape index (κ3) is 6.42. The lowest BCUT2D eigenvalue weighted by Gasteiger charge is -2.37. The van der Waals surface area contributed by atoms with E-state index in [1.54, 1.807) is 0 Å². The number of nitrogens with zero attached hydrogens (tertiary/aromatic N) is 2. The fraction of sp³-hybridized carbons (Fsp3) is 0.281. The number of ether oxygens (including phenoxy) is 2. The smallest absolute Gasteiger partial charge is 0.276 e. The average molecular weight is 589 g/mol. The van der Waals surface area contributed by atoms with Crippen LogP contribution >= 0.6 is 12.4 Å². The number of rotatable bonds is 2. The van der Waals surface area contributed by atoms with Crippen molar-refractivity contribution in [2.45, 2.75) is 38.3 Å². The first kappa shape index (κ1) is 29.2. The molecule has 218 valence electrons. The Morgan fingerprint density at radius 1 is 1.00 bits per heavy atom. The second-order valence-electron chi connectivity index (χ2n) is 10.2. The molecule has 0 spiro atoms. The first-order valence-electron chi connectivity index (χ1n) is 13.9. The van der Waals surface area contributed by atoms with E-state index in [1.165, 1.54) is 6.26 Å². The zero-order valence-corrected chi connectivity index (χ0v) is 23.9. The molecule has 5 aliphatic rings. The fourth-order valence-corrected chi connectivity index (χ4v) is 5.37. The van der Waals surface area contributed by atoms with Crippen LogP contribution in [0.1, 0.15) is 57.5 Å². The molecule has 0 radical (unpaired) electrons. The topological polar surface area (TPSA) is 120 Å².